The van der Waals surface area contributed by atoms with Crippen LogP contribution in [0.5, 0.6) is 5.75 Å². The summed E-state index contributed by atoms with van der Waals surface area (Å²) in [4.78, 5) is 56.2. The van der Waals surface area contributed by atoms with Crippen molar-refractivity contribution >= 4 is 44.4 Å². The molecule has 0 saturated carbocycles. The summed E-state index contributed by atoms with van der Waals surface area (Å²) < 4.78 is 30.6. The minimum Gasteiger partial charge on any atom is -0.496 e. The predicted molar refractivity (Wildman–Crippen MR) is 134 cm³/mol. The molecule has 4 atom stereocenters. The summed E-state index contributed by atoms with van der Waals surface area (Å²) >= 11 is 0. The van der Waals surface area contributed by atoms with Gasteiger partial charge in [0.1, 0.15) is 17.5 Å². The fourth-order valence-electron chi connectivity index (χ4n) is 5.06. The maximum Gasteiger partial charge on any atom is 0.268 e. The van der Waals surface area contributed by atoms with Gasteiger partial charge in [0, 0.05) is 29.4 Å². The van der Waals surface area contributed by atoms with Crippen molar-refractivity contribution in [2.24, 2.45) is 5.92 Å². The number of aromatic nitrogens is 1. The Morgan fingerprint density at radius 2 is 2.03 bits per heavy atom. The van der Waals surface area contributed by atoms with E-state index in [9.17, 15) is 27.6 Å². The highest BCUT2D eigenvalue weighted by Crippen LogP contribution is 2.29. The number of likely N-dealkylation sites (tertiary alicyclic amines) is 1. The van der Waals surface area contributed by atoms with Crippen LogP contribution in [0, 0.1) is 5.92 Å². The number of rotatable bonds is 10. The monoisotopic (exact) mass is 533 g/mol. The van der Waals surface area contributed by atoms with Crippen molar-refractivity contribution in [1.29, 1.82) is 0 Å². The van der Waals surface area contributed by atoms with Gasteiger partial charge in [-0.2, -0.15) is 0 Å². The van der Waals surface area contributed by atoms with Gasteiger partial charge < -0.3 is 25.3 Å². The molecule has 2 aliphatic rings. The molecule has 200 valence electrons. The summed E-state index contributed by atoms with van der Waals surface area (Å²) in [6.45, 7) is 1.74. The number of hydrogen-bond donors (Lipinski definition) is 4. The van der Waals surface area contributed by atoms with E-state index in [0.29, 0.717) is 24.2 Å². The number of nitrogens with one attached hydrogen (secondary N) is 4. The number of fused-ring (bicyclic) bond motifs is 1. The first kappa shape index (κ1) is 26.6. The molecule has 2 saturated heterocycles. The zero-order valence-electron chi connectivity index (χ0n) is 20.9. The van der Waals surface area contributed by atoms with Gasteiger partial charge in [-0.15, -0.1) is 0 Å². The molecule has 1 aromatic carbocycles. The Balaban J connectivity index is 1.52. The number of ether oxygens (including phenoxy) is 1. The van der Waals surface area contributed by atoms with Crippen molar-refractivity contribution in [2.75, 3.05) is 26.5 Å². The molecule has 2 aliphatic heterocycles. The Morgan fingerprint density at radius 3 is 2.68 bits per heavy atom. The molecule has 4 rings (SSSR count). The molecule has 3 heterocycles. The standard InChI is InChI=1S/C24H31N5O7S/c1-13-9-18(28-23(32)17-11-15-16(27-17)5-4-6-21(15)36-2)24(33)29(13)19(10-14-7-8-25-22(14)31)20(30)12-26-37(3,34)35/h4-6,11,13-14,18-19,26-27H,7-10,12H2,1-3H3,(H,25,31)(H,28,32)/t13?,14-,18-,19-/m0/s1. The van der Waals surface area contributed by atoms with E-state index in [1.54, 1.807) is 31.2 Å². The third-order valence-corrected chi connectivity index (χ3v) is 7.55. The third kappa shape index (κ3) is 5.77. The van der Waals surface area contributed by atoms with Crippen LogP contribution in [0.2, 0.25) is 0 Å². The van der Waals surface area contributed by atoms with Gasteiger partial charge in [0.2, 0.25) is 21.8 Å². The molecule has 0 spiro atoms. The Morgan fingerprint density at radius 1 is 1.27 bits per heavy atom. The number of amides is 3. The largest absolute Gasteiger partial charge is 0.496 e. The molecule has 37 heavy (non-hydrogen) atoms. The SMILES string of the molecule is COc1cccc2[nH]c(C(=O)N[C@H]3CC(C)N([C@@H](C[C@@H]4CCNC4=O)C(=O)CNS(C)(=O)=O)C3=O)cc12. The van der Waals surface area contributed by atoms with E-state index < -0.39 is 58.2 Å². The number of carbonyl (C=O) groups is 4. The first-order chi connectivity index (χ1) is 17.5. The predicted octanol–water partition coefficient (Wildman–Crippen LogP) is -0.0912. The Hall–Kier alpha value is -3.45. The molecule has 2 fully saturated rings. The lowest BCUT2D eigenvalue weighted by Crippen LogP contribution is -2.52. The van der Waals surface area contributed by atoms with Crippen LogP contribution in [0.1, 0.15) is 36.7 Å². The van der Waals surface area contributed by atoms with Crippen LogP contribution in [-0.4, -0.2) is 86.4 Å². The summed E-state index contributed by atoms with van der Waals surface area (Å²) in [7, 11) is -2.10. The van der Waals surface area contributed by atoms with Crippen molar-refractivity contribution < 1.29 is 32.3 Å². The molecule has 0 bridgehead atoms. The number of aromatic amines is 1. The van der Waals surface area contributed by atoms with Gasteiger partial charge >= 0.3 is 0 Å². The van der Waals surface area contributed by atoms with Gasteiger partial charge in [-0.3, -0.25) is 19.2 Å². The molecule has 2 aromatic rings. The summed E-state index contributed by atoms with van der Waals surface area (Å²) in [5, 5.41) is 6.20. The third-order valence-electron chi connectivity index (χ3n) is 6.88. The number of methoxy groups -OCH3 is 1. The van der Waals surface area contributed by atoms with Crippen LogP contribution < -0.4 is 20.1 Å². The van der Waals surface area contributed by atoms with E-state index in [0.717, 1.165) is 11.6 Å². The molecule has 1 aromatic heterocycles. The van der Waals surface area contributed by atoms with Crippen LogP contribution in [0.3, 0.4) is 0 Å². The summed E-state index contributed by atoms with van der Waals surface area (Å²) in [5.74, 6) is -1.52. The molecule has 0 radical (unpaired) electrons. The lowest BCUT2D eigenvalue weighted by Gasteiger charge is -2.32. The normalized spacial score (nSPS) is 22.8. The van der Waals surface area contributed by atoms with Crippen molar-refractivity contribution in [3.63, 3.8) is 0 Å². The fourth-order valence-corrected chi connectivity index (χ4v) is 5.46. The van der Waals surface area contributed by atoms with E-state index in [1.807, 2.05) is 0 Å². The van der Waals surface area contributed by atoms with Crippen LogP contribution in [0.4, 0.5) is 0 Å². The number of nitrogens with zero attached hydrogens (tertiary/aromatic N) is 1. The second kappa shape index (κ2) is 10.5. The number of H-pyrrole nitrogens is 1. The van der Waals surface area contributed by atoms with E-state index in [2.05, 4.69) is 20.3 Å². The van der Waals surface area contributed by atoms with E-state index in [1.165, 1.54) is 12.0 Å². The molecular formula is C24H31N5O7S. The molecular weight excluding hydrogens is 502 g/mol. The second-order valence-corrected chi connectivity index (χ2v) is 11.4. The van der Waals surface area contributed by atoms with Crippen molar-refractivity contribution in [3.8, 4) is 5.75 Å². The average Bonchev–Trinajstić information content (AvgIpc) is 3.53. The van der Waals surface area contributed by atoms with Gasteiger partial charge in [-0.1, -0.05) is 6.07 Å². The first-order valence-electron chi connectivity index (χ1n) is 12.0. The lowest BCUT2D eigenvalue weighted by molar-refractivity contribution is -0.139. The van der Waals surface area contributed by atoms with Gasteiger partial charge in [0.25, 0.3) is 5.91 Å². The molecule has 3 amide bonds. The Labute approximate surface area is 214 Å². The molecule has 4 N–H and O–H groups in total. The Bertz CT molecular complexity index is 1340. The first-order valence-corrected chi connectivity index (χ1v) is 13.9. The smallest absolute Gasteiger partial charge is 0.268 e. The topological polar surface area (TPSA) is 167 Å². The van der Waals surface area contributed by atoms with Crippen molar-refractivity contribution in [1.82, 2.24) is 25.2 Å². The van der Waals surface area contributed by atoms with Crippen LogP contribution in [0.25, 0.3) is 10.9 Å². The van der Waals surface area contributed by atoms with Gasteiger partial charge in [-0.05, 0) is 44.4 Å². The number of carbonyl (C=O) groups excluding carboxylic acids is 4. The zero-order valence-corrected chi connectivity index (χ0v) is 21.7. The highest BCUT2D eigenvalue weighted by atomic mass is 32.2. The van der Waals surface area contributed by atoms with Gasteiger partial charge in [0.15, 0.2) is 5.78 Å². The molecule has 13 heteroatoms. The summed E-state index contributed by atoms with van der Waals surface area (Å²) in [6.07, 6.45) is 1.79. The van der Waals surface area contributed by atoms with E-state index >= 15 is 0 Å². The van der Waals surface area contributed by atoms with Crippen LogP contribution >= 0.6 is 0 Å². The van der Waals surface area contributed by atoms with Crippen molar-refractivity contribution in [2.45, 2.75) is 44.3 Å². The minimum absolute atomic E-state index is 0.0780. The zero-order chi connectivity index (χ0) is 26.9. The van der Waals surface area contributed by atoms with E-state index in [-0.39, 0.29) is 24.4 Å². The summed E-state index contributed by atoms with van der Waals surface area (Å²) in [5.41, 5.74) is 0.960. The minimum atomic E-state index is -3.64. The molecule has 1 unspecified atom stereocenters. The molecule has 0 aliphatic carbocycles. The van der Waals surface area contributed by atoms with Gasteiger partial charge in [-0.25, -0.2) is 13.1 Å². The number of benzene rings is 1. The molecule has 12 nitrogen and oxygen atoms in total. The second-order valence-electron chi connectivity index (χ2n) is 9.55. The lowest BCUT2D eigenvalue weighted by atomic mass is 9.94. The summed E-state index contributed by atoms with van der Waals surface area (Å²) in [6, 6.07) is 4.71. The highest BCUT2D eigenvalue weighted by molar-refractivity contribution is 7.88. The van der Waals surface area contributed by atoms with E-state index in [4.69, 9.17) is 4.74 Å². The van der Waals surface area contributed by atoms with Crippen molar-refractivity contribution in [3.05, 3.63) is 30.0 Å². The number of ketones is 1. The Kier molecular flexibility index (Phi) is 7.55. The maximum absolute atomic E-state index is 13.4. The van der Waals surface area contributed by atoms with Gasteiger partial charge in [0.05, 0.1) is 26.0 Å². The number of Topliss-reactive ketones (excluding diaryl/α,β-unsaturated/α-hetero) is 1. The van der Waals surface area contributed by atoms with Crippen LogP contribution in [0.15, 0.2) is 24.3 Å². The van der Waals surface area contributed by atoms with Crippen LogP contribution in [-0.2, 0) is 24.4 Å². The number of hydrogen-bond acceptors (Lipinski definition) is 7. The maximum atomic E-state index is 13.4. The number of sulfonamides is 1. The average molecular weight is 534 g/mol. The quantitative estimate of drug-likeness (QED) is 0.331. The highest BCUT2D eigenvalue weighted by Gasteiger charge is 2.45. The fraction of sp³-hybridized carbons (Fsp3) is 0.500.